The van der Waals surface area contributed by atoms with Crippen LogP contribution in [0.1, 0.15) is 63.3 Å². The van der Waals surface area contributed by atoms with Crippen molar-refractivity contribution >= 4 is 16.0 Å². The second-order valence-electron chi connectivity index (χ2n) is 8.23. The Hall–Kier alpha value is -2.22. The lowest BCUT2D eigenvalue weighted by atomic mass is 10.1. The molecular weight excluding hydrogens is 455 g/mol. The maximum absolute atomic E-state index is 13.2. The number of nitrogens with zero attached hydrogens (tertiary/aromatic N) is 5. The molecule has 3 heterocycles. The van der Waals surface area contributed by atoms with Gasteiger partial charge in [-0.1, -0.05) is 6.92 Å². The van der Waals surface area contributed by atoms with Gasteiger partial charge in [-0.25, -0.2) is 22.8 Å². The summed E-state index contributed by atoms with van der Waals surface area (Å²) in [5, 5.41) is 7.45. The molecule has 2 aromatic rings. The highest BCUT2D eigenvalue weighted by Gasteiger charge is 2.35. The first-order valence-corrected chi connectivity index (χ1v) is 12.3. The van der Waals surface area contributed by atoms with E-state index in [0.29, 0.717) is 5.82 Å². The van der Waals surface area contributed by atoms with E-state index in [0.717, 1.165) is 25.2 Å². The lowest BCUT2D eigenvalue weighted by Crippen LogP contribution is -2.33. The molecule has 1 aliphatic rings. The molecule has 1 N–H and O–H groups in total. The van der Waals surface area contributed by atoms with E-state index in [9.17, 15) is 12.8 Å². The minimum atomic E-state index is -3.95. The summed E-state index contributed by atoms with van der Waals surface area (Å²) in [6.45, 7) is 5.69. The smallest absolute Gasteiger partial charge is 0.238 e. The molecule has 4 atom stereocenters. The zero-order chi connectivity index (χ0) is 24.2. The summed E-state index contributed by atoms with van der Waals surface area (Å²) in [4.78, 5) is 7.83. The van der Waals surface area contributed by atoms with E-state index in [1.54, 1.807) is 25.7 Å². The number of ether oxygens (including phenoxy) is 3. The molecule has 184 valence electrons. The van der Waals surface area contributed by atoms with Crippen molar-refractivity contribution in [1.82, 2.24) is 24.7 Å². The SMILES string of the molecule is COCC(COC)n1c(NS(=O)(=O)[C@@H](C)[C@H](C)c2ncc(F)cn2)nnc1[C@H]1CC[C@@H](C)O1. The number of rotatable bonds is 11. The minimum Gasteiger partial charge on any atom is -0.382 e. The van der Waals surface area contributed by atoms with Crippen molar-refractivity contribution in [2.24, 2.45) is 0 Å². The minimum absolute atomic E-state index is 0.0475. The quantitative estimate of drug-likeness (QED) is 0.508. The van der Waals surface area contributed by atoms with Gasteiger partial charge in [0, 0.05) is 20.1 Å². The Morgan fingerprint density at radius 3 is 2.36 bits per heavy atom. The van der Waals surface area contributed by atoms with Gasteiger partial charge in [0.1, 0.15) is 11.9 Å². The van der Waals surface area contributed by atoms with Gasteiger partial charge in [0.15, 0.2) is 11.6 Å². The van der Waals surface area contributed by atoms with Gasteiger partial charge >= 0.3 is 0 Å². The van der Waals surface area contributed by atoms with E-state index in [4.69, 9.17) is 14.2 Å². The van der Waals surface area contributed by atoms with Gasteiger partial charge in [0.25, 0.3) is 0 Å². The molecule has 3 rings (SSSR count). The van der Waals surface area contributed by atoms with Crippen molar-refractivity contribution < 1.29 is 27.0 Å². The molecule has 0 unspecified atom stereocenters. The van der Waals surface area contributed by atoms with Crippen LogP contribution in [-0.4, -0.2) is 71.9 Å². The van der Waals surface area contributed by atoms with Crippen LogP contribution >= 0.6 is 0 Å². The van der Waals surface area contributed by atoms with Gasteiger partial charge in [-0.2, -0.15) is 0 Å². The molecule has 0 spiro atoms. The zero-order valence-electron chi connectivity index (χ0n) is 19.4. The lowest BCUT2D eigenvalue weighted by Gasteiger charge is -2.24. The number of anilines is 1. The number of hydrogen-bond donors (Lipinski definition) is 1. The molecule has 0 saturated carbocycles. The van der Waals surface area contributed by atoms with Gasteiger partial charge in [0.2, 0.25) is 16.0 Å². The third-order valence-corrected chi connectivity index (χ3v) is 7.65. The van der Waals surface area contributed by atoms with Crippen LogP contribution in [0.4, 0.5) is 10.3 Å². The van der Waals surface area contributed by atoms with Crippen LogP contribution in [0.5, 0.6) is 0 Å². The highest BCUT2D eigenvalue weighted by Crippen LogP contribution is 2.34. The Morgan fingerprint density at radius 2 is 1.82 bits per heavy atom. The maximum atomic E-state index is 13.2. The molecule has 1 fully saturated rings. The molecule has 0 bridgehead atoms. The molecular formula is C20H31FN6O5S. The van der Waals surface area contributed by atoms with Crippen LogP contribution in [0.25, 0.3) is 0 Å². The highest BCUT2D eigenvalue weighted by atomic mass is 32.2. The van der Waals surface area contributed by atoms with Gasteiger partial charge in [-0.3, -0.25) is 9.29 Å². The molecule has 0 radical (unpaired) electrons. The number of aromatic nitrogens is 5. The van der Waals surface area contributed by atoms with Crippen LogP contribution in [0, 0.1) is 5.82 Å². The standard InChI is InChI=1S/C20H31FN6O5S/c1-12-6-7-17(32-12)19-24-25-20(27(19)16(10-30-4)11-31-5)26-33(28,29)14(3)13(2)18-22-8-15(21)9-23-18/h8-9,12-14,16-17H,6-7,10-11H2,1-5H3,(H,25,26)/t12-,13+,14+,17-/m1/s1. The van der Waals surface area contributed by atoms with E-state index >= 15 is 0 Å². The maximum Gasteiger partial charge on any atom is 0.238 e. The molecule has 1 saturated heterocycles. The lowest BCUT2D eigenvalue weighted by molar-refractivity contribution is 0.0406. The van der Waals surface area contributed by atoms with Crippen LogP contribution in [0.2, 0.25) is 0 Å². The van der Waals surface area contributed by atoms with Crippen molar-refractivity contribution in [3.8, 4) is 0 Å². The number of sulfonamides is 1. The number of nitrogens with one attached hydrogen (secondary N) is 1. The predicted molar refractivity (Wildman–Crippen MR) is 118 cm³/mol. The van der Waals surface area contributed by atoms with E-state index in [-0.39, 0.29) is 43.2 Å². The molecule has 13 heteroatoms. The number of methoxy groups -OCH3 is 2. The molecule has 11 nitrogen and oxygen atoms in total. The Kier molecular flexibility index (Phi) is 8.32. The third kappa shape index (κ3) is 5.83. The second kappa shape index (κ2) is 10.8. The van der Waals surface area contributed by atoms with Crippen LogP contribution in [-0.2, 0) is 24.2 Å². The molecule has 0 aromatic carbocycles. The van der Waals surface area contributed by atoms with E-state index in [2.05, 4.69) is 24.9 Å². The first kappa shape index (κ1) is 25.4. The Labute approximate surface area is 193 Å². The third-order valence-electron chi connectivity index (χ3n) is 5.80. The topological polar surface area (TPSA) is 130 Å². The second-order valence-corrected chi connectivity index (χ2v) is 10.3. The molecule has 0 aliphatic carbocycles. The van der Waals surface area contributed by atoms with E-state index < -0.39 is 27.0 Å². The Morgan fingerprint density at radius 1 is 1.18 bits per heavy atom. The van der Waals surface area contributed by atoms with Crippen LogP contribution in [0.3, 0.4) is 0 Å². The van der Waals surface area contributed by atoms with E-state index in [1.807, 2.05) is 6.92 Å². The summed E-state index contributed by atoms with van der Waals surface area (Å²) in [5.74, 6) is -0.413. The summed E-state index contributed by atoms with van der Waals surface area (Å²) in [6, 6.07) is -0.379. The predicted octanol–water partition coefficient (Wildman–Crippen LogP) is 2.21. The number of hydrogen-bond acceptors (Lipinski definition) is 9. The Balaban J connectivity index is 1.92. The van der Waals surface area contributed by atoms with Crippen molar-refractivity contribution in [1.29, 1.82) is 0 Å². The van der Waals surface area contributed by atoms with Gasteiger partial charge in [0.05, 0.1) is 43.0 Å². The summed E-state index contributed by atoms with van der Waals surface area (Å²) < 4.78 is 60.5. The summed E-state index contributed by atoms with van der Waals surface area (Å²) in [6.07, 6.45) is 3.39. The first-order valence-electron chi connectivity index (χ1n) is 10.7. The van der Waals surface area contributed by atoms with Gasteiger partial charge in [-0.05, 0) is 26.7 Å². The highest BCUT2D eigenvalue weighted by molar-refractivity contribution is 7.93. The normalized spacial score (nSPS) is 20.8. The van der Waals surface area contributed by atoms with Gasteiger partial charge in [-0.15, -0.1) is 10.2 Å². The monoisotopic (exact) mass is 486 g/mol. The average Bonchev–Trinajstić information content (AvgIpc) is 3.38. The summed E-state index contributed by atoms with van der Waals surface area (Å²) in [5.41, 5.74) is 0. The Bertz CT molecular complexity index is 1010. The molecule has 33 heavy (non-hydrogen) atoms. The number of halogens is 1. The van der Waals surface area contributed by atoms with E-state index in [1.165, 1.54) is 6.92 Å². The van der Waals surface area contributed by atoms with Crippen molar-refractivity contribution in [3.05, 3.63) is 29.9 Å². The molecule has 2 aromatic heterocycles. The van der Waals surface area contributed by atoms with Crippen molar-refractivity contribution in [2.45, 2.75) is 63.0 Å². The van der Waals surface area contributed by atoms with Crippen LogP contribution < -0.4 is 4.72 Å². The van der Waals surface area contributed by atoms with Crippen LogP contribution in [0.15, 0.2) is 12.4 Å². The molecule has 1 aliphatic heterocycles. The summed E-state index contributed by atoms with van der Waals surface area (Å²) in [7, 11) is -0.842. The zero-order valence-corrected chi connectivity index (χ0v) is 20.2. The molecule has 0 amide bonds. The average molecular weight is 487 g/mol. The first-order chi connectivity index (χ1) is 15.7. The van der Waals surface area contributed by atoms with Crippen molar-refractivity contribution in [3.63, 3.8) is 0 Å². The largest absolute Gasteiger partial charge is 0.382 e. The van der Waals surface area contributed by atoms with Gasteiger partial charge < -0.3 is 14.2 Å². The van der Waals surface area contributed by atoms with Crippen molar-refractivity contribution in [2.75, 3.05) is 32.2 Å². The fraction of sp³-hybridized carbons (Fsp3) is 0.700. The summed E-state index contributed by atoms with van der Waals surface area (Å²) >= 11 is 0. The fourth-order valence-electron chi connectivity index (χ4n) is 3.78. The fourth-order valence-corrected chi connectivity index (χ4v) is 5.02.